The molecule has 0 aliphatic heterocycles. The Morgan fingerprint density at radius 2 is 1.23 bits per heavy atom. The monoisotopic (exact) mass is 184 g/mol. The zero-order valence-electron chi connectivity index (χ0n) is 10.6. The molecule has 0 aliphatic rings. The van der Waals surface area contributed by atoms with Gasteiger partial charge < -0.3 is 0 Å². The second-order valence-electron chi connectivity index (χ2n) is 1.97. The van der Waals surface area contributed by atoms with Crippen molar-refractivity contribution in [3.05, 3.63) is 37.0 Å². The van der Waals surface area contributed by atoms with Crippen molar-refractivity contribution < 1.29 is 0 Å². The first-order valence-corrected chi connectivity index (χ1v) is 5.01. The maximum atomic E-state index is 3.56. The summed E-state index contributed by atoms with van der Waals surface area (Å²) in [7, 11) is 0. The lowest BCUT2D eigenvalue weighted by Crippen LogP contribution is -1.43. The summed E-state index contributed by atoms with van der Waals surface area (Å²) in [6.07, 6.45) is 5.58. The van der Waals surface area contributed by atoms with Crippen LogP contribution < -0.4 is 0 Å². The van der Waals surface area contributed by atoms with E-state index in [9.17, 15) is 0 Å². The van der Waals surface area contributed by atoms with Crippen LogP contribution in [0.25, 0.3) is 0 Å². The van der Waals surface area contributed by atoms with Gasteiger partial charge in [0.1, 0.15) is 0 Å². The number of rotatable bonds is 1. The summed E-state index contributed by atoms with van der Waals surface area (Å²) in [5, 5.41) is 0. The first-order chi connectivity index (χ1) is 6.15. The van der Waals surface area contributed by atoms with E-state index in [1.807, 2.05) is 60.6 Å². The van der Waals surface area contributed by atoms with Gasteiger partial charge in [-0.1, -0.05) is 58.1 Å². The van der Waals surface area contributed by atoms with Crippen molar-refractivity contribution in [1.82, 2.24) is 0 Å². The fourth-order valence-electron chi connectivity index (χ4n) is 0.136. The molecule has 0 heterocycles. The summed E-state index contributed by atoms with van der Waals surface area (Å²) in [5.74, 6) is 0. The van der Waals surface area contributed by atoms with Crippen molar-refractivity contribution >= 4 is 0 Å². The molecule has 0 aromatic rings. The summed E-state index contributed by atoms with van der Waals surface area (Å²) < 4.78 is 0. The number of allylic oxidation sites excluding steroid dienone is 4. The van der Waals surface area contributed by atoms with Gasteiger partial charge in [-0.15, -0.1) is 6.58 Å². The second kappa shape index (κ2) is 43.0. The lowest BCUT2D eigenvalue weighted by atomic mass is 10.4. The minimum Gasteiger partial charge on any atom is -0.100 e. The molecule has 0 saturated carbocycles. The van der Waals surface area contributed by atoms with Crippen molar-refractivity contribution in [3.63, 3.8) is 0 Å². The molecule has 0 nitrogen and oxygen atoms in total. The zero-order valence-corrected chi connectivity index (χ0v) is 10.6. The minimum atomic E-state index is 1.17. The molecule has 0 saturated heterocycles. The normalized spacial score (nSPS) is 6.38. The highest BCUT2D eigenvalue weighted by Gasteiger charge is 1.51. The maximum absolute atomic E-state index is 3.56. The summed E-state index contributed by atoms with van der Waals surface area (Å²) in [4.78, 5) is 0. The van der Waals surface area contributed by atoms with Crippen LogP contribution in [0.15, 0.2) is 37.0 Å². The standard InChI is InChI=1S/C5H8.C4H8.2C2H6/c1-3-5-4-2;1-4(2)3;2*1-2/h3-5H,1H2,2H3;1H2,2-3H3;2*1-2H3/b5-4-;;;. The third-order valence-corrected chi connectivity index (χ3v) is 0.329. The Morgan fingerprint density at radius 1 is 1.00 bits per heavy atom. The van der Waals surface area contributed by atoms with E-state index in [1.165, 1.54) is 5.57 Å². The molecule has 0 rings (SSSR count). The highest BCUT2D eigenvalue weighted by molar-refractivity contribution is 4.94. The quantitative estimate of drug-likeness (QED) is 0.379. The van der Waals surface area contributed by atoms with Gasteiger partial charge in [0.25, 0.3) is 0 Å². The SMILES string of the molecule is C=C(C)C.C=C/C=C\C.CC.CC. The van der Waals surface area contributed by atoms with Crippen molar-refractivity contribution in [1.29, 1.82) is 0 Å². The fourth-order valence-corrected chi connectivity index (χ4v) is 0.136. The van der Waals surface area contributed by atoms with Gasteiger partial charge in [0.05, 0.1) is 0 Å². The summed E-state index contributed by atoms with van der Waals surface area (Å²) in [6, 6.07) is 0. The average molecular weight is 184 g/mol. The molecule has 0 aromatic carbocycles. The lowest BCUT2D eigenvalue weighted by molar-refractivity contribution is 1.42. The molecular weight excluding hydrogens is 156 g/mol. The highest BCUT2D eigenvalue weighted by atomic mass is 13.6. The third kappa shape index (κ3) is 641. The van der Waals surface area contributed by atoms with Crippen molar-refractivity contribution in [2.24, 2.45) is 0 Å². The molecule has 0 aromatic heterocycles. The van der Waals surface area contributed by atoms with E-state index in [4.69, 9.17) is 0 Å². The van der Waals surface area contributed by atoms with Gasteiger partial charge in [-0.3, -0.25) is 0 Å². The number of hydrogen-bond acceptors (Lipinski definition) is 0. The largest absolute Gasteiger partial charge is 0.100 e. The first-order valence-electron chi connectivity index (χ1n) is 5.01. The Morgan fingerprint density at radius 3 is 1.23 bits per heavy atom. The molecule has 0 radical (unpaired) electrons. The van der Waals surface area contributed by atoms with Crippen LogP contribution in [0.2, 0.25) is 0 Å². The Bertz CT molecular complexity index is 92.6. The predicted molar refractivity (Wildman–Crippen MR) is 68.2 cm³/mol. The molecule has 0 N–H and O–H groups in total. The average Bonchev–Trinajstić information content (AvgIpc) is 2.12. The van der Waals surface area contributed by atoms with Crippen LogP contribution in [0, 0.1) is 0 Å². The van der Waals surface area contributed by atoms with E-state index in [0.717, 1.165) is 0 Å². The van der Waals surface area contributed by atoms with Crippen LogP contribution in [0.1, 0.15) is 48.5 Å². The Balaban J connectivity index is -0.0000000457. The van der Waals surface area contributed by atoms with Crippen molar-refractivity contribution in [2.75, 3.05) is 0 Å². The molecule has 0 fully saturated rings. The topological polar surface area (TPSA) is 0 Å². The molecular formula is C13H28. The second-order valence-corrected chi connectivity index (χ2v) is 1.97. The van der Waals surface area contributed by atoms with E-state index in [0.29, 0.717) is 0 Å². The zero-order chi connectivity index (χ0) is 11.7. The molecule has 0 heteroatoms. The molecule has 0 atom stereocenters. The Hall–Kier alpha value is -0.780. The Labute approximate surface area is 86.1 Å². The molecule has 13 heavy (non-hydrogen) atoms. The molecule has 0 amide bonds. The minimum absolute atomic E-state index is 1.17. The molecule has 0 aliphatic carbocycles. The lowest BCUT2D eigenvalue weighted by Gasteiger charge is -1.65. The van der Waals surface area contributed by atoms with Crippen LogP contribution in [0.4, 0.5) is 0 Å². The summed E-state index contributed by atoms with van der Waals surface area (Å²) >= 11 is 0. The predicted octanol–water partition coefficient (Wildman–Crippen LogP) is 5.38. The third-order valence-electron chi connectivity index (χ3n) is 0.329. The van der Waals surface area contributed by atoms with E-state index in [2.05, 4.69) is 13.2 Å². The van der Waals surface area contributed by atoms with Crippen LogP contribution in [-0.2, 0) is 0 Å². The smallest absolute Gasteiger partial charge is 0.0445 e. The molecule has 0 bridgehead atoms. The summed E-state index contributed by atoms with van der Waals surface area (Å²) in [6.45, 7) is 20.9. The van der Waals surface area contributed by atoms with Gasteiger partial charge in [-0.2, -0.15) is 0 Å². The number of hydrogen-bond donors (Lipinski definition) is 0. The van der Waals surface area contributed by atoms with Crippen LogP contribution >= 0.6 is 0 Å². The molecule has 0 spiro atoms. The fraction of sp³-hybridized carbons (Fsp3) is 0.538. The van der Waals surface area contributed by atoms with E-state index in [-0.39, 0.29) is 0 Å². The van der Waals surface area contributed by atoms with Gasteiger partial charge >= 0.3 is 0 Å². The van der Waals surface area contributed by atoms with Crippen molar-refractivity contribution in [2.45, 2.75) is 48.5 Å². The molecule has 0 unspecified atom stereocenters. The van der Waals surface area contributed by atoms with Crippen LogP contribution in [0.5, 0.6) is 0 Å². The van der Waals surface area contributed by atoms with Crippen molar-refractivity contribution in [3.8, 4) is 0 Å². The van der Waals surface area contributed by atoms with E-state index < -0.39 is 0 Å². The summed E-state index contributed by atoms with van der Waals surface area (Å²) in [5.41, 5.74) is 1.17. The van der Waals surface area contributed by atoms with Gasteiger partial charge in [0.15, 0.2) is 0 Å². The maximum Gasteiger partial charge on any atom is -0.0445 e. The van der Waals surface area contributed by atoms with Gasteiger partial charge in [0.2, 0.25) is 0 Å². The Kier molecular flexibility index (Phi) is 75.3. The van der Waals surface area contributed by atoms with Crippen LogP contribution in [0.3, 0.4) is 0 Å². The van der Waals surface area contributed by atoms with Gasteiger partial charge in [-0.05, 0) is 20.8 Å². The van der Waals surface area contributed by atoms with Crippen LogP contribution in [-0.4, -0.2) is 0 Å². The highest BCUT2D eigenvalue weighted by Crippen LogP contribution is 1.73. The molecule has 80 valence electrons. The first kappa shape index (κ1) is 22.8. The van der Waals surface area contributed by atoms with E-state index >= 15 is 0 Å². The van der Waals surface area contributed by atoms with Gasteiger partial charge in [-0.25, -0.2) is 0 Å². The van der Waals surface area contributed by atoms with Gasteiger partial charge in [0, 0.05) is 0 Å². The van der Waals surface area contributed by atoms with E-state index in [1.54, 1.807) is 6.08 Å².